The summed E-state index contributed by atoms with van der Waals surface area (Å²) >= 11 is 0. The highest BCUT2D eigenvalue weighted by atomic mass is 16.1. The van der Waals surface area contributed by atoms with E-state index in [1.165, 1.54) is 0 Å². The number of hydrogen-bond acceptors (Lipinski definition) is 2. The van der Waals surface area contributed by atoms with Gasteiger partial charge in [0.15, 0.2) is 0 Å². The van der Waals surface area contributed by atoms with Gasteiger partial charge >= 0.3 is 0 Å². The second-order valence-electron chi connectivity index (χ2n) is 3.24. The Labute approximate surface area is 77.7 Å². The van der Waals surface area contributed by atoms with Gasteiger partial charge in [-0.2, -0.15) is 0 Å². The van der Waals surface area contributed by atoms with Gasteiger partial charge in [0.05, 0.1) is 0 Å². The third-order valence-electron chi connectivity index (χ3n) is 2.08. The molecule has 0 radical (unpaired) electrons. The van der Waals surface area contributed by atoms with Crippen LogP contribution in [0.15, 0.2) is 18.2 Å². The quantitative estimate of drug-likeness (QED) is 0.703. The number of primary amides is 1. The Morgan fingerprint density at radius 1 is 1.38 bits per heavy atom. The van der Waals surface area contributed by atoms with Crippen LogP contribution < -0.4 is 11.5 Å². The van der Waals surface area contributed by atoms with E-state index in [0.717, 1.165) is 16.7 Å². The Morgan fingerprint density at radius 3 is 2.54 bits per heavy atom. The Kier molecular flexibility index (Phi) is 2.68. The maximum atomic E-state index is 10.9. The topological polar surface area (TPSA) is 69.1 Å². The minimum atomic E-state index is -0.695. The van der Waals surface area contributed by atoms with E-state index in [-0.39, 0.29) is 0 Å². The van der Waals surface area contributed by atoms with Crippen molar-refractivity contribution < 1.29 is 4.79 Å². The number of nitrogens with two attached hydrogens (primary N) is 2. The average molecular weight is 178 g/mol. The van der Waals surface area contributed by atoms with E-state index in [2.05, 4.69) is 0 Å². The Morgan fingerprint density at radius 2 is 2.00 bits per heavy atom. The number of rotatable bonds is 2. The minimum Gasteiger partial charge on any atom is -0.368 e. The van der Waals surface area contributed by atoms with Crippen LogP contribution in [-0.2, 0) is 4.79 Å². The van der Waals surface area contributed by atoms with Crippen LogP contribution in [-0.4, -0.2) is 5.91 Å². The molecule has 0 bridgehead atoms. The molecule has 0 saturated carbocycles. The lowest BCUT2D eigenvalue weighted by atomic mass is 9.99. The molecule has 0 spiro atoms. The third-order valence-corrected chi connectivity index (χ3v) is 2.08. The van der Waals surface area contributed by atoms with Crippen LogP contribution in [0.25, 0.3) is 0 Å². The van der Waals surface area contributed by atoms with Crippen molar-refractivity contribution in [2.24, 2.45) is 11.5 Å². The fourth-order valence-electron chi connectivity index (χ4n) is 1.25. The molecule has 0 aliphatic rings. The van der Waals surface area contributed by atoms with Gasteiger partial charge in [-0.1, -0.05) is 23.8 Å². The van der Waals surface area contributed by atoms with E-state index >= 15 is 0 Å². The predicted octanol–water partition coefficient (Wildman–Crippen LogP) is 0.789. The van der Waals surface area contributed by atoms with Crippen molar-refractivity contribution >= 4 is 5.91 Å². The summed E-state index contributed by atoms with van der Waals surface area (Å²) in [4.78, 5) is 10.9. The van der Waals surface area contributed by atoms with Gasteiger partial charge in [-0.05, 0) is 25.0 Å². The highest BCUT2D eigenvalue weighted by molar-refractivity contribution is 5.81. The molecule has 1 rings (SSSR count). The zero-order chi connectivity index (χ0) is 10.0. The van der Waals surface area contributed by atoms with Crippen LogP contribution in [0.3, 0.4) is 0 Å². The first-order valence-electron chi connectivity index (χ1n) is 4.14. The largest absolute Gasteiger partial charge is 0.368 e. The van der Waals surface area contributed by atoms with E-state index in [1.54, 1.807) is 0 Å². The summed E-state index contributed by atoms with van der Waals surface area (Å²) in [5, 5.41) is 0. The maximum absolute atomic E-state index is 10.9. The summed E-state index contributed by atoms with van der Waals surface area (Å²) in [6, 6.07) is 5.12. The fraction of sp³-hybridized carbons (Fsp3) is 0.300. The van der Waals surface area contributed by atoms with Gasteiger partial charge in [-0.3, -0.25) is 4.79 Å². The molecule has 0 aliphatic heterocycles. The lowest BCUT2D eigenvalue weighted by Crippen LogP contribution is -2.28. The van der Waals surface area contributed by atoms with Crippen LogP contribution in [0.1, 0.15) is 22.7 Å². The van der Waals surface area contributed by atoms with Gasteiger partial charge in [0.2, 0.25) is 5.91 Å². The first-order chi connectivity index (χ1) is 6.02. The molecular weight excluding hydrogens is 164 g/mol. The van der Waals surface area contributed by atoms with Crippen LogP contribution >= 0.6 is 0 Å². The Bertz CT molecular complexity index is 334. The number of carbonyl (C=O) groups excluding carboxylic acids is 1. The van der Waals surface area contributed by atoms with Crippen LogP contribution in [0.2, 0.25) is 0 Å². The van der Waals surface area contributed by atoms with Crippen molar-refractivity contribution in [3.05, 3.63) is 34.9 Å². The summed E-state index contributed by atoms with van der Waals surface area (Å²) in [6.07, 6.45) is 0. The van der Waals surface area contributed by atoms with Gasteiger partial charge in [0, 0.05) is 0 Å². The molecule has 0 aliphatic carbocycles. The first-order valence-corrected chi connectivity index (χ1v) is 4.14. The number of hydrogen-bond donors (Lipinski definition) is 2. The number of aryl methyl sites for hydroxylation is 2. The van der Waals surface area contributed by atoms with Crippen LogP contribution in [0.4, 0.5) is 0 Å². The SMILES string of the molecule is Cc1ccc(C)c(C(N)C(N)=O)c1. The standard InChI is InChI=1S/C10H14N2O/c1-6-3-4-7(2)8(5-6)9(11)10(12)13/h3-5,9H,11H2,1-2H3,(H2,12,13). The highest BCUT2D eigenvalue weighted by Gasteiger charge is 2.13. The summed E-state index contributed by atoms with van der Waals surface area (Å²) in [7, 11) is 0. The lowest BCUT2D eigenvalue weighted by molar-refractivity contribution is -0.119. The minimum absolute atomic E-state index is 0.492. The molecule has 1 unspecified atom stereocenters. The highest BCUT2D eigenvalue weighted by Crippen LogP contribution is 2.16. The second-order valence-corrected chi connectivity index (χ2v) is 3.24. The molecule has 0 heterocycles. The monoisotopic (exact) mass is 178 g/mol. The van der Waals surface area contributed by atoms with E-state index in [9.17, 15) is 4.79 Å². The fourth-order valence-corrected chi connectivity index (χ4v) is 1.25. The summed E-state index contributed by atoms with van der Waals surface area (Å²) in [5.74, 6) is -0.492. The predicted molar refractivity (Wildman–Crippen MR) is 52.0 cm³/mol. The zero-order valence-electron chi connectivity index (χ0n) is 7.87. The molecular formula is C10H14N2O. The number of carbonyl (C=O) groups is 1. The zero-order valence-corrected chi connectivity index (χ0v) is 7.87. The molecule has 3 nitrogen and oxygen atoms in total. The number of amides is 1. The average Bonchev–Trinajstić information content (AvgIpc) is 2.08. The van der Waals surface area contributed by atoms with Gasteiger partial charge in [0.25, 0.3) is 0 Å². The molecule has 70 valence electrons. The summed E-state index contributed by atoms with van der Waals surface area (Å²) < 4.78 is 0. The Balaban J connectivity index is 3.12. The summed E-state index contributed by atoms with van der Waals surface area (Å²) in [5.41, 5.74) is 13.6. The van der Waals surface area contributed by atoms with Crippen molar-refractivity contribution in [2.75, 3.05) is 0 Å². The van der Waals surface area contributed by atoms with Crippen molar-refractivity contribution in [3.63, 3.8) is 0 Å². The molecule has 1 aromatic rings. The maximum Gasteiger partial charge on any atom is 0.238 e. The third kappa shape index (κ3) is 2.06. The van der Waals surface area contributed by atoms with Crippen LogP contribution in [0.5, 0.6) is 0 Å². The smallest absolute Gasteiger partial charge is 0.238 e. The Hall–Kier alpha value is -1.35. The van der Waals surface area contributed by atoms with Gasteiger partial charge < -0.3 is 11.5 Å². The van der Waals surface area contributed by atoms with Crippen molar-refractivity contribution in [1.29, 1.82) is 0 Å². The van der Waals surface area contributed by atoms with Gasteiger partial charge in [-0.25, -0.2) is 0 Å². The molecule has 13 heavy (non-hydrogen) atoms. The van der Waals surface area contributed by atoms with Crippen molar-refractivity contribution in [3.8, 4) is 0 Å². The molecule has 4 N–H and O–H groups in total. The van der Waals surface area contributed by atoms with Crippen molar-refractivity contribution in [2.45, 2.75) is 19.9 Å². The second kappa shape index (κ2) is 3.58. The lowest BCUT2D eigenvalue weighted by Gasteiger charge is -2.11. The van der Waals surface area contributed by atoms with E-state index in [4.69, 9.17) is 11.5 Å². The van der Waals surface area contributed by atoms with E-state index in [0.29, 0.717) is 0 Å². The molecule has 1 aromatic carbocycles. The number of benzene rings is 1. The molecule has 3 heteroatoms. The molecule has 0 fully saturated rings. The van der Waals surface area contributed by atoms with Gasteiger partial charge in [0.1, 0.15) is 6.04 Å². The van der Waals surface area contributed by atoms with E-state index in [1.807, 2.05) is 32.0 Å². The first kappa shape index (κ1) is 9.74. The van der Waals surface area contributed by atoms with Crippen molar-refractivity contribution in [1.82, 2.24) is 0 Å². The molecule has 0 aromatic heterocycles. The normalized spacial score (nSPS) is 12.5. The summed E-state index contributed by atoms with van der Waals surface area (Å²) in [6.45, 7) is 3.87. The molecule has 1 atom stereocenters. The van der Waals surface area contributed by atoms with E-state index < -0.39 is 11.9 Å². The molecule has 1 amide bonds. The van der Waals surface area contributed by atoms with Crippen LogP contribution in [0, 0.1) is 13.8 Å². The van der Waals surface area contributed by atoms with Gasteiger partial charge in [-0.15, -0.1) is 0 Å². The molecule has 0 saturated heterocycles.